The minimum absolute atomic E-state index is 0.0793. The van der Waals surface area contributed by atoms with Crippen LogP contribution in [0.25, 0.3) is 0 Å². The Balaban J connectivity index is 1.43. The molecule has 1 N–H and O–H groups in total. The Morgan fingerprint density at radius 2 is 1.91 bits per heavy atom. The molecule has 0 spiro atoms. The summed E-state index contributed by atoms with van der Waals surface area (Å²) < 4.78 is 46.7. The third-order valence-corrected chi connectivity index (χ3v) is 5.88. The summed E-state index contributed by atoms with van der Waals surface area (Å²) in [6.07, 6.45) is 2.15. The molecule has 2 aliphatic rings. The molecule has 1 atom stereocenters. The first kappa shape index (κ1) is 23.0. The minimum atomic E-state index is -0.924. The molecule has 11 heteroatoms. The quantitative estimate of drug-likeness (QED) is 0.654. The molecule has 176 valence electrons. The smallest absolute Gasteiger partial charge is 0.360 e. The van der Waals surface area contributed by atoms with Crippen molar-refractivity contribution in [2.75, 3.05) is 18.5 Å². The SMILES string of the molecule is CCOC(=O)c1ncnc(NC2CC(C)(C(=O)N3OCC[C@H]3c3cc(F)cc(F)c3)C2)c1F. The molecule has 0 unspecified atom stereocenters. The van der Waals surface area contributed by atoms with E-state index in [4.69, 9.17) is 9.57 Å². The average Bonchev–Trinajstić information content (AvgIpc) is 3.22. The standard InChI is InChI=1S/C22H23F3N4O4/c1-3-32-20(30)18-17(25)19(27-11-26-18)28-15-9-22(2,10-15)21(31)29-16(4-5-33-29)12-6-13(23)8-14(24)7-12/h6-8,11,15-16H,3-5,9-10H2,1-2H3,(H,26,27,28)/t15?,16-,22?/m0/s1. The highest BCUT2D eigenvalue weighted by molar-refractivity contribution is 5.88. The van der Waals surface area contributed by atoms with Gasteiger partial charge in [-0.15, -0.1) is 0 Å². The lowest BCUT2D eigenvalue weighted by Gasteiger charge is -2.46. The maximum Gasteiger partial charge on any atom is 0.360 e. The van der Waals surface area contributed by atoms with E-state index < -0.39 is 40.6 Å². The Bertz CT molecular complexity index is 1060. The number of carbonyl (C=O) groups excluding carboxylic acids is 2. The van der Waals surface area contributed by atoms with E-state index in [1.54, 1.807) is 13.8 Å². The van der Waals surface area contributed by atoms with Crippen LogP contribution in [0.15, 0.2) is 24.5 Å². The van der Waals surface area contributed by atoms with Crippen LogP contribution in [-0.4, -0.2) is 46.2 Å². The molecule has 2 heterocycles. The van der Waals surface area contributed by atoms with Crippen LogP contribution in [0.4, 0.5) is 19.0 Å². The number of benzene rings is 1. The van der Waals surface area contributed by atoms with Gasteiger partial charge in [0.05, 0.1) is 24.7 Å². The maximum absolute atomic E-state index is 14.6. The predicted molar refractivity (Wildman–Crippen MR) is 109 cm³/mol. The van der Waals surface area contributed by atoms with E-state index in [-0.39, 0.29) is 31.0 Å². The number of nitrogens with zero attached hydrogens (tertiary/aromatic N) is 3. The normalized spacial score (nSPS) is 24.3. The molecule has 1 amide bonds. The average molecular weight is 464 g/mol. The summed E-state index contributed by atoms with van der Waals surface area (Å²) in [7, 11) is 0. The fourth-order valence-corrected chi connectivity index (χ4v) is 4.32. The molecule has 1 saturated carbocycles. The van der Waals surface area contributed by atoms with Gasteiger partial charge < -0.3 is 10.1 Å². The molecule has 1 aliphatic carbocycles. The van der Waals surface area contributed by atoms with Gasteiger partial charge in [-0.05, 0) is 37.5 Å². The van der Waals surface area contributed by atoms with E-state index in [2.05, 4.69) is 15.3 Å². The van der Waals surface area contributed by atoms with Crippen molar-refractivity contribution in [1.29, 1.82) is 0 Å². The van der Waals surface area contributed by atoms with Crippen molar-refractivity contribution in [2.24, 2.45) is 5.41 Å². The molecule has 0 bridgehead atoms. The van der Waals surface area contributed by atoms with Crippen molar-refractivity contribution in [3.8, 4) is 0 Å². The first-order chi connectivity index (χ1) is 15.7. The summed E-state index contributed by atoms with van der Waals surface area (Å²) in [5, 5.41) is 4.09. The van der Waals surface area contributed by atoms with Gasteiger partial charge in [-0.2, -0.15) is 0 Å². The molecular weight excluding hydrogens is 441 g/mol. The fraction of sp³-hybridized carbons (Fsp3) is 0.455. The largest absolute Gasteiger partial charge is 0.461 e. The van der Waals surface area contributed by atoms with Gasteiger partial charge in [0.15, 0.2) is 17.3 Å². The van der Waals surface area contributed by atoms with Gasteiger partial charge >= 0.3 is 5.97 Å². The molecule has 4 rings (SSSR count). The highest BCUT2D eigenvalue weighted by atomic mass is 19.1. The first-order valence-corrected chi connectivity index (χ1v) is 10.6. The van der Waals surface area contributed by atoms with Gasteiger partial charge in [0, 0.05) is 18.5 Å². The van der Waals surface area contributed by atoms with Gasteiger partial charge in [0.1, 0.15) is 18.0 Å². The van der Waals surface area contributed by atoms with Crippen LogP contribution < -0.4 is 5.32 Å². The minimum Gasteiger partial charge on any atom is -0.461 e. The van der Waals surface area contributed by atoms with Gasteiger partial charge in [0.25, 0.3) is 5.91 Å². The second-order valence-corrected chi connectivity index (χ2v) is 8.39. The van der Waals surface area contributed by atoms with Crippen LogP contribution in [-0.2, 0) is 14.4 Å². The van der Waals surface area contributed by atoms with Crippen LogP contribution in [0, 0.1) is 22.9 Å². The maximum atomic E-state index is 14.6. The van der Waals surface area contributed by atoms with Gasteiger partial charge in [0.2, 0.25) is 0 Å². The summed E-state index contributed by atoms with van der Waals surface area (Å²) in [5.41, 5.74) is -0.965. The first-order valence-electron chi connectivity index (χ1n) is 10.6. The summed E-state index contributed by atoms with van der Waals surface area (Å²) in [6.45, 7) is 3.67. The van der Waals surface area contributed by atoms with Crippen molar-refractivity contribution in [3.05, 3.63) is 53.2 Å². The van der Waals surface area contributed by atoms with Crippen molar-refractivity contribution in [2.45, 2.75) is 45.2 Å². The van der Waals surface area contributed by atoms with Crippen molar-refractivity contribution >= 4 is 17.7 Å². The Morgan fingerprint density at radius 1 is 1.21 bits per heavy atom. The number of hydrogen-bond donors (Lipinski definition) is 1. The second kappa shape index (κ2) is 8.97. The van der Waals surface area contributed by atoms with Crippen molar-refractivity contribution in [1.82, 2.24) is 15.0 Å². The Kier molecular flexibility index (Phi) is 6.24. The number of amides is 1. The number of halogens is 3. The number of nitrogens with one attached hydrogen (secondary N) is 1. The number of esters is 1. The second-order valence-electron chi connectivity index (χ2n) is 8.39. The Hall–Kier alpha value is -3.21. The van der Waals surface area contributed by atoms with Crippen LogP contribution in [0.5, 0.6) is 0 Å². The summed E-state index contributed by atoms with van der Waals surface area (Å²) in [5.74, 6) is -3.73. The number of carbonyl (C=O) groups is 2. The molecular formula is C22H23F3N4O4. The third kappa shape index (κ3) is 4.50. The van der Waals surface area contributed by atoms with Gasteiger partial charge in [-0.3, -0.25) is 9.63 Å². The van der Waals surface area contributed by atoms with E-state index in [9.17, 15) is 22.8 Å². The molecule has 1 aromatic heterocycles. The molecule has 1 aliphatic heterocycles. The number of aromatic nitrogens is 2. The molecule has 33 heavy (non-hydrogen) atoms. The van der Waals surface area contributed by atoms with Crippen LogP contribution >= 0.6 is 0 Å². The van der Waals surface area contributed by atoms with E-state index in [0.29, 0.717) is 24.8 Å². The molecule has 1 aromatic carbocycles. The third-order valence-electron chi connectivity index (χ3n) is 5.88. The summed E-state index contributed by atoms with van der Waals surface area (Å²) in [6, 6.07) is 2.27. The predicted octanol–water partition coefficient (Wildman–Crippen LogP) is 3.56. The molecule has 0 radical (unpaired) electrons. The zero-order valence-electron chi connectivity index (χ0n) is 18.1. The highest BCUT2D eigenvalue weighted by Gasteiger charge is 2.51. The number of hydroxylamine groups is 2. The molecule has 8 nitrogen and oxygen atoms in total. The van der Waals surface area contributed by atoms with Crippen LogP contribution in [0.1, 0.15) is 55.2 Å². The van der Waals surface area contributed by atoms with E-state index in [1.807, 2.05) is 0 Å². The molecule has 1 saturated heterocycles. The molecule has 2 aromatic rings. The zero-order chi connectivity index (χ0) is 23.8. The van der Waals surface area contributed by atoms with Crippen molar-refractivity contribution < 1.29 is 32.3 Å². The number of hydrogen-bond acceptors (Lipinski definition) is 7. The highest BCUT2D eigenvalue weighted by Crippen LogP contribution is 2.46. The summed E-state index contributed by atoms with van der Waals surface area (Å²) in [4.78, 5) is 38.0. The van der Waals surface area contributed by atoms with Crippen LogP contribution in [0.3, 0.4) is 0 Å². The van der Waals surface area contributed by atoms with Gasteiger partial charge in [-0.25, -0.2) is 33.0 Å². The number of rotatable bonds is 6. The lowest BCUT2D eigenvalue weighted by atomic mass is 9.66. The molecule has 2 fully saturated rings. The lowest BCUT2D eigenvalue weighted by molar-refractivity contribution is -0.192. The van der Waals surface area contributed by atoms with Gasteiger partial charge in [-0.1, -0.05) is 6.92 Å². The summed E-state index contributed by atoms with van der Waals surface area (Å²) >= 11 is 0. The van der Waals surface area contributed by atoms with E-state index in [1.165, 1.54) is 17.2 Å². The number of anilines is 1. The monoisotopic (exact) mass is 464 g/mol. The fourth-order valence-electron chi connectivity index (χ4n) is 4.32. The zero-order valence-corrected chi connectivity index (χ0v) is 18.1. The number of ether oxygens (including phenoxy) is 1. The van der Waals surface area contributed by atoms with E-state index in [0.717, 1.165) is 12.4 Å². The topological polar surface area (TPSA) is 93.7 Å². The van der Waals surface area contributed by atoms with Crippen molar-refractivity contribution in [3.63, 3.8) is 0 Å². The lowest BCUT2D eigenvalue weighted by Crippen LogP contribution is -2.53. The Morgan fingerprint density at radius 3 is 2.58 bits per heavy atom. The van der Waals surface area contributed by atoms with Crippen LogP contribution in [0.2, 0.25) is 0 Å². The van der Waals surface area contributed by atoms with E-state index >= 15 is 0 Å². The Labute approximate surface area is 188 Å².